The van der Waals surface area contributed by atoms with Gasteiger partial charge in [-0.2, -0.15) is 10.4 Å². The molecule has 2 aliphatic heterocycles. The van der Waals surface area contributed by atoms with E-state index in [2.05, 4.69) is 20.8 Å². The van der Waals surface area contributed by atoms with E-state index in [9.17, 15) is 20.0 Å². The molecule has 0 aliphatic carbocycles. The van der Waals surface area contributed by atoms with Gasteiger partial charge in [-0.1, -0.05) is 62.7 Å². The SMILES string of the molecule is Cc1c(-n2c(O)c3n(c2=O)C2CC3N(C(=O)c3cc(C(C)(C)C)nn3Cc3ccccc3)C2)ccc(C#N)c1Cl. The van der Waals surface area contributed by atoms with Crippen LogP contribution in [0.15, 0.2) is 53.3 Å². The number of fused-ring (bicyclic) bond motifs is 5. The summed E-state index contributed by atoms with van der Waals surface area (Å²) in [6.07, 6.45) is 0.552. The molecule has 1 saturated heterocycles. The lowest BCUT2D eigenvalue weighted by Crippen LogP contribution is -2.38. The van der Waals surface area contributed by atoms with Crippen LogP contribution in [0.5, 0.6) is 5.88 Å². The summed E-state index contributed by atoms with van der Waals surface area (Å²) in [6, 6.07) is 16.2. The molecule has 9 nitrogen and oxygen atoms in total. The molecule has 4 aromatic rings. The van der Waals surface area contributed by atoms with Crippen molar-refractivity contribution in [1.29, 1.82) is 5.26 Å². The highest BCUT2D eigenvalue weighted by molar-refractivity contribution is 6.32. The first kappa shape index (κ1) is 26.0. The van der Waals surface area contributed by atoms with Crippen LogP contribution in [-0.4, -0.2) is 41.4 Å². The molecule has 2 unspecified atom stereocenters. The third-order valence-electron chi connectivity index (χ3n) is 7.98. The molecule has 0 radical (unpaired) electrons. The zero-order chi connectivity index (χ0) is 28.5. The Balaban J connectivity index is 1.39. The fraction of sp³-hybridized carbons (Fsp3) is 0.333. The molecule has 4 heterocycles. The summed E-state index contributed by atoms with van der Waals surface area (Å²) < 4.78 is 4.57. The zero-order valence-corrected chi connectivity index (χ0v) is 23.5. The van der Waals surface area contributed by atoms with Gasteiger partial charge < -0.3 is 10.0 Å². The highest BCUT2D eigenvalue weighted by atomic mass is 35.5. The Kier molecular flexibility index (Phi) is 5.93. The fourth-order valence-electron chi connectivity index (χ4n) is 5.87. The van der Waals surface area contributed by atoms with Crippen LogP contribution in [0.3, 0.4) is 0 Å². The van der Waals surface area contributed by atoms with Crippen LogP contribution in [0, 0.1) is 18.3 Å². The maximum atomic E-state index is 14.1. The monoisotopic (exact) mass is 556 g/mol. The fourth-order valence-corrected chi connectivity index (χ4v) is 6.07. The number of carbonyl (C=O) groups excluding carboxylic acids is 1. The van der Waals surface area contributed by atoms with Gasteiger partial charge in [-0.25, -0.2) is 9.36 Å². The lowest BCUT2D eigenvalue weighted by molar-refractivity contribution is 0.0699. The lowest BCUT2D eigenvalue weighted by atomic mass is 9.92. The number of imidazole rings is 1. The molecular weight excluding hydrogens is 528 g/mol. The highest BCUT2D eigenvalue weighted by Gasteiger charge is 2.50. The van der Waals surface area contributed by atoms with Crippen molar-refractivity contribution in [3.8, 4) is 17.6 Å². The molecule has 2 aliphatic rings. The van der Waals surface area contributed by atoms with Gasteiger partial charge in [0.25, 0.3) is 5.91 Å². The first-order chi connectivity index (χ1) is 19.0. The molecule has 40 heavy (non-hydrogen) atoms. The van der Waals surface area contributed by atoms with Gasteiger partial charge in [-0.05, 0) is 42.7 Å². The van der Waals surface area contributed by atoms with E-state index < -0.39 is 6.04 Å². The first-order valence-electron chi connectivity index (χ1n) is 13.2. The van der Waals surface area contributed by atoms with Crippen molar-refractivity contribution in [2.45, 2.75) is 58.2 Å². The minimum atomic E-state index is -0.459. The molecule has 6 rings (SSSR count). The number of nitriles is 1. The van der Waals surface area contributed by atoms with Gasteiger partial charge in [0.05, 0.1) is 40.6 Å². The van der Waals surface area contributed by atoms with Gasteiger partial charge in [0.1, 0.15) is 17.5 Å². The van der Waals surface area contributed by atoms with Crippen molar-refractivity contribution in [2.24, 2.45) is 0 Å². The number of hydrogen-bond acceptors (Lipinski definition) is 5. The van der Waals surface area contributed by atoms with E-state index in [4.69, 9.17) is 16.7 Å². The number of likely N-dealkylation sites (tertiary alicyclic amines) is 1. The van der Waals surface area contributed by atoms with Gasteiger partial charge >= 0.3 is 5.69 Å². The van der Waals surface area contributed by atoms with Gasteiger partial charge in [-0.15, -0.1) is 0 Å². The summed E-state index contributed by atoms with van der Waals surface area (Å²) in [5.74, 6) is -0.401. The number of rotatable bonds is 4. The summed E-state index contributed by atoms with van der Waals surface area (Å²) >= 11 is 6.37. The predicted molar refractivity (Wildman–Crippen MR) is 150 cm³/mol. The molecule has 2 atom stereocenters. The van der Waals surface area contributed by atoms with Crippen molar-refractivity contribution in [1.82, 2.24) is 23.8 Å². The van der Waals surface area contributed by atoms with E-state index in [1.165, 1.54) is 10.6 Å². The Labute approximate surface area is 236 Å². The summed E-state index contributed by atoms with van der Waals surface area (Å²) in [6.45, 7) is 8.69. The minimum absolute atomic E-state index is 0.185. The van der Waals surface area contributed by atoms with Gasteiger partial charge in [0, 0.05) is 12.0 Å². The van der Waals surface area contributed by atoms with Crippen LogP contribution >= 0.6 is 11.6 Å². The summed E-state index contributed by atoms with van der Waals surface area (Å²) in [5, 5.41) is 25.7. The second-order valence-electron chi connectivity index (χ2n) is 11.6. The van der Waals surface area contributed by atoms with Crippen molar-refractivity contribution < 1.29 is 9.90 Å². The second kappa shape index (κ2) is 9.14. The second-order valence-corrected chi connectivity index (χ2v) is 11.9. The van der Waals surface area contributed by atoms with E-state index in [1.807, 2.05) is 42.5 Å². The van der Waals surface area contributed by atoms with Crippen LogP contribution in [0.2, 0.25) is 5.02 Å². The van der Waals surface area contributed by atoms with Gasteiger partial charge in [0.2, 0.25) is 5.88 Å². The van der Waals surface area contributed by atoms with Crippen molar-refractivity contribution in [2.75, 3.05) is 6.54 Å². The number of aromatic hydroxyl groups is 1. The predicted octanol–water partition coefficient (Wildman–Crippen LogP) is 4.86. The molecule has 0 spiro atoms. The molecule has 1 N–H and O–H groups in total. The topological polar surface area (TPSA) is 109 Å². The van der Waals surface area contributed by atoms with E-state index >= 15 is 0 Å². The quantitative estimate of drug-likeness (QED) is 0.386. The van der Waals surface area contributed by atoms with Gasteiger partial charge in [-0.3, -0.25) is 14.0 Å². The largest absolute Gasteiger partial charge is 0.493 e. The van der Waals surface area contributed by atoms with Crippen LogP contribution < -0.4 is 5.69 Å². The molecule has 2 aromatic heterocycles. The Bertz CT molecular complexity index is 1770. The number of carbonyl (C=O) groups is 1. The number of benzene rings is 2. The average molecular weight is 557 g/mol. The number of nitrogens with zero attached hydrogens (tertiary/aromatic N) is 6. The zero-order valence-electron chi connectivity index (χ0n) is 22.7. The summed E-state index contributed by atoms with van der Waals surface area (Å²) in [7, 11) is 0. The smallest absolute Gasteiger partial charge is 0.336 e. The molecule has 10 heteroatoms. The number of amides is 1. The normalized spacial score (nSPS) is 17.8. The number of aromatic nitrogens is 4. The molecular formula is C30H29ClN6O3. The van der Waals surface area contributed by atoms with Crippen molar-refractivity contribution >= 4 is 17.5 Å². The molecule has 2 aromatic carbocycles. The van der Waals surface area contributed by atoms with E-state index in [-0.39, 0.29) is 34.0 Å². The number of halogens is 1. The summed E-state index contributed by atoms with van der Waals surface area (Å²) in [5.41, 5.74) is 3.31. The molecule has 1 amide bonds. The third kappa shape index (κ3) is 3.86. The van der Waals surface area contributed by atoms with E-state index in [0.717, 1.165) is 11.3 Å². The minimum Gasteiger partial charge on any atom is -0.493 e. The Morgan fingerprint density at radius 2 is 1.93 bits per heavy atom. The molecule has 2 bridgehead atoms. The summed E-state index contributed by atoms with van der Waals surface area (Å²) in [4.78, 5) is 29.4. The first-order valence-corrected chi connectivity index (χ1v) is 13.6. The van der Waals surface area contributed by atoms with Crippen molar-refractivity contribution in [3.05, 3.63) is 97.8 Å². The third-order valence-corrected chi connectivity index (χ3v) is 8.47. The molecule has 0 saturated carbocycles. The van der Waals surface area contributed by atoms with Crippen LogP contribution in [0.1, 0.15) is 77.8 Å². The standard InChI is InChI=1S/C30H29ClN6O3/c1-17-21(11-10-19(14-32)25(17)31)37-28(39)26-22-12-20(36(26)29(37)40)16-34(22)27(38)23-13-24(30(2,3)4)33-35(23)15-18-8-6-5-7-9-18/h5-11,13,20,22,39H,12,15-16H2,1-4H3. The highest BCUT2D eigenvalue weighted by Crippen LogP contribution is 2.49. The van der Waals surface area contributed by atoms with Crippen LogP contribution in [0.4, 0.5) is 0 Å². The maximum absolute atomic E-state index is 14.1. The molecule has 1 fully saturated rings. The van der Waals surface area contributed by atoms with Crippen LogP contribution in [-0.2, 0) is 12.0 Å². The Morgan fingerprint density at radius 3 is 2.60 bits per heavy atom. The maximum Gasteiger partial charge on any atom is 0.336 e. The Hall–Kier alpha value is -4.29. The Morgan fingerprint density at radius 1 is 1.20 bits per heavy atom. The number of hydrogen-bond donors (Lipinski definition) is 1. The average Bonchev–Trinajstić information content (AvgIpc) is 3.68. The van der Waals surface area contributed by atoms with E-state index in [1.54, 1.807) is 27.1 Å². The van der Waals surface area contributed by atoms with E-state index in [0.29, 0.717) is 47.7 Å². The van der Waals surface area contributed by atoms with Gasteiger partial charge in [0.15, 0.2) is 0 Å². The van der Waals surface area contributed by atoms with Crippen molar-refractivity contribution in [3.63, 3.8) is 0 Å². The molecule has 204 valence electrons. The lowest BCUT2D eigenvalue weighted by Gasteiger charge is -2.27. The van der Waals surface area contributed by atoms with Crippen LogP contribution in [0.25, 0.3) is 5.69 Å².